The average molecular weight is 502 g/mol. The van der Waals surface area contributed by atoms with E-state index in [9.17, 15) is 37.5 Å². The van der Waals surface area contributed by atoms with Crippen LogP contribution in [0.2, 0.25) is 0 Å². The van der Waals surface area contributed by atoms with E-state index < -0.39 is 76.8 Å². The summed E-state index contributed by atoms with van der Waals surface area (Å²) in [7, 11) is 3.66. The smallest absolute Gasteiger partial charge is 0.432 e. The number of esters is 4. The van der Waals surface area contributed by atoms with Crippen LogP contribution >= 0.6 is 35.3 Å². The van der Waals surface area contributed by atoms with Crippen molar-refractivity contribution in [1.82, 2.24) is 0 Å². The molecule has 0 aliphatic carbocycles. The number of aliphatic hydroxyl groups is 1. The van der Waals surface area contributed by atoms with Gasteiger partial charge in [-0.1, -0.05) is 35.3 Å². The van der Waals surface area contributed by atoms with Crippen LogP contribution in [0, 0.1) is 0 Å². The topological polar surface area (TPSA) is 125 Å². The molecule has 0 amide bonds. The summed E-state index contributed by atoms with van der Waals surface area (Å²) in [5.41, 5.74) is -0.675. The highest BCUT2D eigenvalue weighted by atomic mass is 32.2. The first kappa shape index (κ1) is 25.2. The molecule has 2 aliphatic heterocycles. The van der Waals surface area contributed by atoms with Crippen molar-refractivity contribution in [3.63, 3.8) is 0 Å². The summed E-state index contributed by atoms with van der Waals surface area (Å²) in [4.78, 5) is 41.5. The predicted molar refractivity (Wildman–Crippen MR) is 103 cm³/mol. The molecule has 0 spiro atoms. The molecule has 15 heteroatoms. The Morgan fingerprint density at radius 2 is 1.19 bits per heavy atom. The van der Waals surface area contributed by atoms with Crippen LogP contribution in [0.15, 0.2) is 30.1 Å². The van der Waals surface area contributed by atoms with Crippen LogP contribution in [0.1, 0.15) is 0 Å². The van der Waals surface area contributed by atoms with Gasteiger partial charge < -0.3 is 24.1 Å². The van der Waals surface area contributed by atoms with Gasteiger partial charge in [0.1, 0.15) is 14.7 Å². The molecule has 170 valence electrons. The van der Waals surface area contributed by atoms with Crippen molar-refractivity contribution in [3.05, 3.63) is 30.1 Å². The third kappa shape index (κ3) is 4.31. The Balaban J connectivity index is 2.89. The Labute approximate surface area is 185 Å². The standard InChI is InChI=1S/C16H13F3O9S3/c1-25-11(20)5-6-10(15(24,16(17,18)19)31-7(5)12(21)26-2)30-9(14(23)28-4)8(29-6)13(22)27-3/h24H,1-4H3. The molecule has 2 heterocycles. The van der Waals surface area contributed by atoms with Crippen molar-refractivity contribution >= 4 is 59.2 Å². The van der Waals surface area contributed by atoms with Gasteiger partial charge in [0.05, 0.1) is 38.9 Å². The summed E-state index contributed by atoms with van der Waals surface area (Å²) >= 11 is -0.111. The molecule has 0 aromatic rings. The van der Waals surface area contributed by atoms with E-state index in [-0.39, 0.29) is 23.5 Å². The Hall–Kier alpha value is -2.10. The van der Waals surface area contributed by atoms with E-state index in [0.29, 0.717) is 0 Å². The van der Waals surface area contributed by atoms with E-state index in [1.165, 1.54) is 0 Å². The van der Waals surface area contributed by atoms with Gasteiger partial charge >= 0.3 is 30.1 Å². The highest BCUT2D eigenvalue weighted by molar-refractivity contribution is 8.16. The maximum atomic E-state index is 13.9. The third-order valence-electron chi connectivity index (χ3n) is 3.72. The lowest BCUT2D eigenvalue weighted by molar-refractivity contribution is -0.204. The van der Waals surface area contributed by atoms with Crippen LogP contribution in [-0.2, 0) is 38.1 Å². The monoisotopic (exact) mass is 502 g/mol. The fourth-order valence-electron chi connectivity index (χ4n) is 2.29. The van der Waals surface area contributed by atoms with E-state index in [2.05, 4.69) is 18.9 Å². The molecule has 31 heavy (non-hydrogen) atoms. The molecule has 9 nitrogen and oxygen atoms in total. The van der Waals surface area contributed by atoms with E-state index in [1.807, 2.05) is 0 Å². The molecule has 1 N–H and O–H groups in total. The third-order valence-corrected chi connectivity index (χ3v) is 7.88. The molecule has 0 radical (unpaired) electrons. The zero-order valence-electron chi connectivity index (χ0n) is 16.1. The molecule has 0 fully saturated rings. The number of hydrogen-bond donors (Lipinski definition) is 1. The minimum atomic E-state index is -5.38. The Bertz CT molecular complexity index is 952. The number of ether oxygens (including phenoxy) is 4. The molecule has 1 atom stereocenters. The molecular formula is C16H13F3O9S3. The number of thioether (sulfide) groups is 3. The first-order valence-electron chi connectivity index (χ1n) is 7.78. The fraction of sp³-hybridized carbons (Fsp3) is 0.375. The zero-order valence-corrected chi connectivity index (χ0v) is 18.5. The SMILES string of the molecule is COC(=O)C1=C(C(=O)OC)SC2=C(S1)C(C(=O)OC)=C(C(=O)OC)SC2(O)C(F)(F)F. The molecule has 2 aliphatic rings. The molecule has 0 aromatic carbocycles. The predicted octanol–water partition coefficient (Wildman–Crippen LogP) is 1.83. The first-order chi connectivity index (χ1) is 14.4. The Morgan fingerprint density at radius 3 is 1.61 bits per heavy atom. The lowest BCUT2D eigenvalue weighted by Crippen LogP contribution is -2.46. The van der Waals surface area contributed by atoms with Crippen LogP contribution < -0.4 is 0 Å². The van der Waals surface area contributed by atoms with Gasteiger partial charge in [0.15, 0.2) is 0 Å². The number of carbonyl (C=O) groups is 4. The molecule has 0 bridgehead atoms. The second-order valence-electron chi connectivity index (χ2n) is 5.43. The van der Waals surface area contributed by atoms with Crippen LogP contribution in [0.5, 0.6) is 0 Å². The number of rotatable bonds is 4. The van der Waals surface area contributed by atoms with Gasteiger partial charge in [-0.2, -0.15) is 13.2 Å². The van der Waals surface area contributed by atoms with E-state index in [1.54, 1.807) is 0 Å². The van der Waals surface area contributed by atoms with Gasteiger partial charge in [0.2, 0.25) is 4.93 Å². The maximum Gasteiger partial charge on any atom is 0.432 e. The van der Waals surface area contributed by atoms with E-state index >= 15 is 0 Å². The molecule has 0 aromatic heterocycles. The molecular weight excluding hydrogens is 489 g/mol. The van der Waals surface area contributed by atoms with Crippen LogP contribution in [0.25, 0.3) is 0 Å². The van der Waals surface area contributed by atoms with Gasteiger partial charge in [0.25, 0.3) is 0 Å². The molecule has 1 unspecified atom stereocenters. The summed E-state index contributed by atoms with van der Waals surface area (Å²) in [6.07, 6.45) is -5.38. The quantitative estimate of drug-likeness (QED) is 0.445. The summed E-state index contributed by atoms with van der Waals surface area (Å²) in [6.45, 7) is 0. The second-order valence-corrected chi connectivity index (χ2v) is 8.68. The number of carbonyl (C=O) groups excluding carboxylic acids is 4. The van der Waals surface area contributed by atoms with E-state index in [0.717, 1.165) is 28.4 Å². The van der Waals surface area contributed by atoms with Gasteiger partial charge in [-0.05, 0) is 0 Å². The van der Waals surface area contributed by atoms with Crippen molar-refractivity contribution in [1.29, 1.82) is 0 Å². The molecule has 2 rings (SSSR count). The first-order valence-corrected chi connectivity index (χ1v) is 10.2. The van der Waals surface area contributed by atoms with Crippen molar-refractivity contribution in [3.8, 4) is 0 Å². The maximum absolute atomic E-state index is 13.9. The van der Waals surface area contributed by atoms with Crippen molar-refractivity contribution in [2.45, 2.75) is 11.1 Å². The summed E-state index contributed by atoms with van der Waals surface area (Å²) in [6, 6.07) is 0. The number of hydrogen-bond acceptors (Lipinski definition) is 12. The number of alkyl halides is 3. The van der Waals surface area contributed by atoms with Gasteiger partial charge in [-0.3, -0.25) is 0 Å². The summed E-state index contributed by atoms with van der Waals surface area (Å²) < 4.78 is 59.9. The fourth-order valence-corrected chi connectivity index (χ4v) is 6.30. The van der Waals surface area contributed by atoms with Crippen molar-refractivity contribution in [2.75, 3.05) is 28.4 Å². The van der Waals surface area contributed by atoms with Crippen LogP contribution in [0.4, 0.5) is 13.2 Å². The zero-order chi connectivity index (χ0) is 23.7. The summed E-state index contributed by atoms with van der Waals surface area (Å²) in [5.74, 6) is -4.89. The molecule has 0 saturated carbocycles. The summed E-state index contributed by atoms with van der Waals surface area (Å²) in [5, 5.41) is 10.6. The van der Waals surface area contributed by atoms with Crippen molar-refractivity contribution in [2.24, 2.45) is 0 Å². The second kappa shape index (κ2) is 9.18. The lowest BCUT2D eigenvalue weighted by atomic mass is 10.1. The lowest BCUT2D eigenvalue weighted by Gasteiger charge is -2.38. The van der Waals surface area contributed by atoms with Gasteiger partial charge in [-0.25, -0.2) is 19.2 Å². The van der Waals surface area contributed by atoms with E-state index in [4.69, 9.17) is 0 Å². The normalized spacial score (nSPS) is 21.4. The van der Waals surface area contributed by atoms with Crippen molar-refractivity contribution < 1.29 is 56.4 Å². The van der Waals surface area contributed by atoms with Crippen LogP contribution in [-0.4, -0.2) is 68.5 Å². The van der Waals surface area contributed by atoms with Gasteiger partial charge in [-0.15, -0.1) is 0 Å². The van der Waals surface area contributed by atoms with Gasteiger partial charge in [0, 0.05) is 4.91 Å². The Morgan fingerprint density at radius 1 is 0.774 bits per heavy atom. The van der Waals surface area contributed by atoms with Crippen LogP contribution in [0.3, 0.4) is 0 Å². The minimum absolute atomic E-state index is 0.0649. The highest BCUT2D eigenvalue weighted by Crippen LogP contribution is 2.63. The number of halogens is 3. The molecule has 0 saturated heterocycles. The number of methoxy groups -OCH3 is 4. The highest BCUT2D eigenvalue weighted by Gasteiger charge is 2.63. The average Bonchev–Trinajstić information content (AvgIpc) is 2.75. The minimum Gasteiger partial charge on any atom is -0.465 e. The Kier molecular flexibility index (Phi) is 7.45. The largest absolute Gasteiger partial charge is 0.465 e.